The highest BCUT2D eigenvalue weighted by Crippen LogP contribution is 2.62. The predicted octanol–water partition coefficient (Wildman–Crippen LogP) is 3.81. The highest BCUT2D eigenvalue weighted by atomic mass is 16.6. The number of fused-ring (bicyclic) bond motifs is 2. The first kappa shape index (κ1) is 16.9. The third kappa shape index (κ3) is 3.32. The summed E-state index contributed by atoms with van der Waals surface area (Å²) in [5, 5.41) is 10.3. The minimum atomic E-state index is -0.676. The van der Waals surface area contributed by atoms with E-state index in [1.165, 1.54) is 5.57 Å². The fourth-order valence-corrected chi connectivity index (χ4v) is 4.33. The maximum atomic E-state index is 11.4. The smallest absolute Gasteiger partial charge is 0.148 e. The quantitative estimate of drug-likeness (QED) is 0.454. The predicted molar refractivity (Wildman–Crippen MR) is 91.0 cm³/mol. The molecule has 128 valence electrons. The summed E-state index contributed by atoms with van der Waals surface area (Å²) in [5.41, 5.74) is 2.11. The molecule has 2 fully saturated rings. The average molecular weight is 318 g/mol. The fraction of sp³-hybridized carbons (Fsp3) is 0.750. The van der Waals surface area contributed by atoms with Crippen LogP contribution in [0.5, 0.6) is 0 Å². The van der Waals surface area contributed by atoms with Gasteiger partial charge in [-0.05, 0) is 63.2 Å². The van der Waals surface area contributed by atoms with Gasteiger partial charge in [0.15, 0.2) is 0 Å². The van der Waals surface area contributed by atoms with E-state index in [0.29, 0.717) is 29.9 Å². The second-order valence-corrected chi connectivity index (χ2v) is 8.54. The number of rotatable bonds is 1. The van der Waals surface area contributed by atoms with Gasteiger partial charge in [-0.3, -0.25) is 4.79 Å². The van der Waals surface area contributed by atoms with Crippen molar-refractivity contribution in [2.24, 2.45) is 17.3 Å². The first-order valence-electron chi connectivity index (χ1n) is 8.96. The van der Waals surface area contributed by atoms with Crippen LogP contribution in [0.2, 0.25) is 0 Å². The molecule has 2 aliphatic carbocycles. The van der Waals surface area contributed by atoms with Crippen LogP contribution in [-0.4, -0.2) is 29.2 Å². The molecule has 0 aromatic rings. The minimum Gasteiger partial charge on any atom is -0.388 e. The van der Waals surface area contributed by atoms with E-state index in [0.717, 1.165) is 32.0 Å². The molecule has 0 unspecified atom stereocenters. The van der Waals surface area contributed by atoms with E-state index in [1.807, 2.05) is 6.08 Å². The summed E-state index contributed by atoms with van der Waals surface area (Å²) < 4.78 is 5.98. The first-order chi connectivity index (χ1) is 10.8. The Morgan fingerprint density at radius 1 is 1.30 bits per heavy atom. The third-order valence-corrected chi connectivity index (χ3v) is 6.51. The van der Waals surface area contributed by atoms with Gasteiger partial charge in [-0.1, -0.05) is 31.6 Å². The lowest BCUT2D eigenvalue weighted by Gasteiger charge is -2.10. The van der Waals surface area contributed by atoms with E-state index in [9.17, 15) is 9.90 Å². The molecule has 1 aliphatic heterocycles. The summed E-state index contributed by atoms with van der Waals surface area (Å²) in [7, 11) is 0. The average Bonchev–Trinajstić information content (AvgIpc) is 3.30. The molecule has 0 aromatic heterocycles. The Bertz CT molecular complexity index is 545. The normalized spacial score (nSPS) is 47.7. The van der Waals surface area contributed by atoms with Crippen molar-refractivity contribution >= 4 is 6.29 Å². The van der Waals surface area contributed by atoms with Gasteiger partial charge < -0.3 is 9.84 Å². The fourth-order valence-electron chi connectivity index (χ4n) is 4.33. The van der Waals surface area contributed by atoms with Gasteiger partial charge in [0.25, 0.3) is 0 Å². The van der Waals surface area contributed by atoms with Gasteiger partial charge in [0.05, 0.1) is 17.8 Å². The zero-order valence-electron chi connectivity index (χ0n) is 14.8. The molecule has 0 spiro atoms. The highest BCUT2D eigenvalue weighted by Gasteiger charge is 2.58. The molecule has 1 saturated heterocycles. The summed E-state index contributed by atoms with van der Waals surface area (Å²) in [6.07, 6.45) is 9.48. The van der Waals surface area contributed by atoms with Crippen LogP contribution < -0.4 is 0 Å². The van der Waals surface area contributed by atoms with Crippen LogP contribution in [0, 0.1) is 17.3 Å². The Balaban J connectivity index is 1.80. The number of allylic oxidation sites excluding steroid dienone is 2. The molecule has 1 saturated carbocycles. The Morgan fingerprint density at radius 2 is 2.04 bits per heavy atom. The number of carbonyl (C=O) groups is 1. The Kier molecular flexibility index (Phi) is 4.31. The number of carbonyl (C=O) groups excluding carboxylic acids is 1. The summed E-state index contributed by atoms with van der Waals surface area (Å²) >= 11 is 0. The van der Waals surface area contributed by atoms with Gasteiger partial charge in [-0.2, -0.15) is 0 Å². The topological polar surface area (TPSA) is 49.8 Å². The van der Waals surface area contributed by atoms with Crippen molar-refractivity contribution in [3.05, 3.63) is 23.3 Å². The lowest BCUT2D eigenvalue weighted by Crippen LogP contribution is -2.12. The first-order valence-corrected chi connectivity index (χ1v) is 8.96. The second kappa shape index (κ2) is 5.86. The number of ether oxygens (including phenoxy) is 1. The van der Waals surface area contributed by atoms with E-state index in [4.69, 9.17) is 4.74 Å². The van der Waals surface area contributed by atoms with Crippen molar-refractivity contribution in [2.75, 3.05) is 0 Å². The number of epoxide rings is 1. The zero-order valence-corrected chi connectivity index (χ0v) is 14.8. The van der Waals surface area contributed by atoms with Crippen LogP contribution in [0.25, 0.3) is 0 Å². The van der Waals surface area contributed by atoms with E-state index < -0.39 is 6.10 Å². The number of aldehydes is 1. The molecule has 0 aromatic carbocycles. The summed E-state index contributed by atoms with van der Waals surface area (Å²) in [4.78, 5) is 11.4. The zero-order chi connectivity index (χ0) is 16.8. The van der Waals surface area contributed by atoms with Crippen LogP contribution in [0.3, 0.4) is 0 Å². The van der Waals surface area contributed by atoms with Crippen molar-refractivity contribution in [1.29, 1.82) is 0 Å². The van der Waals surface area contributed by atoms with Crippen molar-refractivity contribution in [2.45, 2.75) is 77.6 Å². The van der Waals surface area contributed by atoms with Crippen LogP contribution in [0.1, 0.15) is 59.8 Å². The molecule has 3 nitrogen and oxygen atoms in total. The Morgan fingerprint density at radius 3 is 2.74 bits per heavy atom. The van der Waals surface area contributed by atoms with Crippen molar-refractivity contribution < 1.29 is 14.6 Å². The standard InChI is InChI=1S/C20H30O3/c1-13-5-7-17(22)14(12-21)11-16-15(19(16,2)3)9-10-20(4)18(23-20)8-6-13/h5,11-12,15-18,22H,6-10H2,1-4H3/b13-5+,14-11+/t15-,16-,17+,18-,20+/m1/s1. The summed E-state index contributed by atoms with van der Waals surface area (Å²) in [6.45, 7) is 8.87. The van der Waals surface area contributed by atoms with Gasteiger partial charge in [-0.15, -0.1) is 0 Å². The molecule has 0 radical (unpaired) electrons. The molecule has 5 atom stereocenters. The molecule has 23 heavy (non-hydrogen) atoms. The molecule has 0 amide bonds. The van der Waals surface area contributed by atoms with Crippen molar-refractivity contribution in [1.82, 2.24) is 0 Å². The van der Waals surface area contributed by atoms with E-state index >= 15 is 0 Å². The van der Waals surface area contributed by atoms with Gasteiger partial charge in [0.2, 0.25) is 0 Å². The van der Waals surface area contributed by atoms with Gasteiger partial charge in [0, 0.05) is 5.57 Å². The number of hydrogen-bond acceptors (Lipinski definition) is 3. The van der Waals surface area contributed by atoms with Gasteiger partial charge >= 0.3 is 0 Å². The van der Waals surface area contributed by atoms with Gasteiger partial charge in [0.1, 0.15) is 6.29 Å². The summed E-state index contributed by atoms with van der Waals surface area (Å²) in [5.74, 6) is 0.984. The van der Waals surface area contributed by atoms with Crippen molar-refractivity contribution in [3.8, 4) is 0 Å². The molecule has 1 heterocycles. The number of hydrogen-bond donors (Lipinski definition) is 1. The third-order valence-electron chi connectivity index (χ3n) is 6.51. The maximum absolute atomic E-state index is 11.4. The summed E-state index contributed by atoms with van der Waals surface area (Å²) in [6, 6.07) is 0. The van der Waals surface area contributed by atoms with Crippen LogP contribution >= 0.6 is 0 Å². The van der Waals surface area contributed by atoms with Gasteiger partial charge in [-0.25, -0.2) is 0 Å². The van der Waals surface area contributed by atoms with Crippen LogP contribution in [-0.2, 0) is 9.53 Å². The Hall–Kier alpha value is -0.930. The SMILES string of the molecule is C/C1=C\C[C@H](O)/C(C=O)=C/[C@@H]2[C@@H](CC[C@]3(C)O[C@@H]3CC1)C2(C)C. The van der Waals surface area contributed by atoms with Crippen molar-refractivity contribution in [3.63, 3.8) is 0 Å². The molecule has 3 aliphatic rings. The lowest BCUT2D eigenvalue weighted by atomic mass is 9.94. The largest absolute Gasteiger partial charge is 0.388 e. The molecule has 0 bridgehead atoms. The molecule has 1 N–H and O–H groups in total. The minimum absolute atomic E-state index is 0.0599. The molecule has 3 heteroatoms. The van der Waals surface area contributed by atoms with E-state index in [1.54, 1.807) is 0 Å². The monoisotopic (exact) mass is 318 g/mol. The second-order valence-electron chi connectivity index (χ2n) is 8.54. The Labute approximate surface area is 139 Å². The van der Waals surface area contributed by atoms with Crippen LogP contribution in [0.15, 0.2) is 23.3 Å². The number of aliphatic hydroxyl groups excluding tert-OH is 1. The molecule has 3 rings (SSSR count). The van der Waals surface area contributed by atoms with E-state index in [2.05, 4.69) is 33.8 Å². The van der Waals surface area contributed by atoms with E-state index in [-0.39, 0.29) is 11.0 Å². The molecular weight excluding hydrogens is 288 g/mol. The lowest BCUT2D eigenvalue weighted by molar-refractivity contribution is -0.105. The highest BCUT2D eigenvalue weighted by molar-refractivity contribution is 5.75. The maximum Gasteiger partial charge on any atom is 0.148 e. The number of aliphatic hydroxyl groups is 1. The molecular formula is C20H30O3. The van der Waals surface area contributed by atoms with Crippen LogP contribution in [0.4, 0.5) is 0 Å².